The molecule has 1 fully saturated rings. The van der Waals surface area contributed by atoms with E-state index in [2.05, 4.69) is 15.5 Å². The van der Waals surface area contributed by atoms with E-state index in [-0.39, 0.29) is 17.6 Å². The van der Waals surface area contributed by atoms with Crippen molar-refractivity contribution in [1.82, 2.24) is 19.8 Å². The molecule has 1 saturated heterocycles. The van der Waals surface area contributed by atoms with Crippen molar-refractivity contribution < 1.29 is 23.1 Å². The average molecular weight is 513 g/mol. The minimum Gasteiger partial charge on any atom is -0.467 e. The maximum Gasteiger partial charge on any atom is 0.328 e. The van der Waals surface area contributed by atoms with Crippen LogP contribution in [0.4, 0.5) is 25.1 Å². The van der Waals surface area contributed by atoms with Crippen LogP contribution in [0.2, 0.25) is 0 Å². The molecule has 2 N–H and O–H groups in total. The first-order chi connectivity index (χ1) is 17.7. The van der Waals surface area contributed by atoms with Crippen LogP contribution >= 0.6 is 0 Å². The smallest absolute Gasteiger partial charge is 0.328 e. The summed E-state index contributed by atoms with van der Waals surface area (Å²) in [4.78, 5) is 38.0. The molecule has 9 nitrogen and oxygen atoms in total. The summed E-state index contributed by atoms with van der Waals surface area (Å²) in [5, 5.41) is 6.59. The number of rotatable bonds is 7. The fourth-order valence-corrected chi connectivity index (χ4v) is 4.22. The van der Waals surface area contributed by atoms with Gasteiger partial charge in [-0.3, -0.25) is 4.90 Å². The van der Waals surface area contributed by atoms with Crippen LogP contribution < -0.4 is 10.6 Å². The number of carbonyl (C=O) groups is 2. The second kappa shape index (κ2) is 11.5. The van der Waals surface area contributed by atoms with E-state index in [0.717, 1.165) is 29.1 Å². The van der Waals surface area contributed by atoms with Crippen molar-refractivity contribution in [3.63, 3.8) is 0 Å². The van der Waals surface area contributed by atoms with Crippen LogP contribution in [0.3, 0.4) is 0 Å². The van der Waals surface area contributed by atoms with Crippen molar-refractivity contribution >= 4 is 34.4 Å². The number of para-hydroxylation sites is 1. The fraction of sp³-hybridized carbons (Fsp3) is 0.385. The summed E-state index contributed by atoms with van der Waals surface area (Å²) in [7, 11) is 1.36. The number of urea groups is 1. The van der Waals surface area contributed by atoms with E-state index in [1.807, 2.05) is 38.1 Å². The zero-order valence-electron chi connectivity index (χ0n) is 21.0. The highest BCUT2D eigenvalue weighted by Gasteiger charge is 2.26. The van der Waals surface area contributed by atoms with E-state index in [1.165, 1.54) is 7.11 Å². The Bertz CT molecular complexity index is 1260. The number of methoxy groups -OCH3 is 1. The second-order valence-corrected chi connectivity index (χ2v) is 9.25. The molecule has 0 aliphatic carbocycles. The van der Waals surface area contributed by atoms with Crippen molar-refractivity contribution in [1.29, 1.82) is 0 Å². The molecule has 3 aromatic rings. The van der Waals surface area contributed by atoms with Gasteiger partial charge in [0.2, 0.25) is 0 Å². The van der Waals surface area contributed by atoms with E-state index in [1.54, 1.807) is 4.90 Å². The number of hydrogen-bond acceptors (Lipinski definition) is 7. The van der Waals surface area contributed by atoms with Crippen LogP contribution in [0, 0.1) is 17.6 Å². The van der Waals surface area contributed by atoms with Gasteiger partial charge in [0.1, 0.15) is 29.3 Å². The number of carbonyl (C=O) groups excluding carboxylic acids is 2. The summed E-state index contributed by atoms with van der Waals surface area (Å²) in [6.07, 6.45) is 0. The quantitative estimate of drug-likeness (QED) is 0.464. The lowest BCUT2D eigenvalue weighted by Crippen LogP contribution is -2.49. The zero-order chi connectivity index (χ0) is 26.5. The monoisotopic (exact) mass is 512 g/mol. The van der Waals surface area contributed by atoms with Crippen LogP contribution in [0.15, 0.2) is 42.5 Å². The number of amides is 2. The Morgan fingerprint density at radius 2 is 1.70 bits per heavy atom. The van der Waals surface area contributed by atoms with Gasteiger partial charge in [0, 0.05) is 43.3 Å². The third kappa shape index (κ3) is 6.48. The summed E-state index contributed by atoms with van der Waals surface area (Å²) in [6.45, 7) is 6.31. The summed E-state index contributed by atoms with van der Waals surface area (Å²) in [6, 6.07) is 9.50. The van der Waals surface area contributed by atoms with Gasteiger partial charge in [0.05, 0.1) is 19.2 Å². The number of nitrogens with zero attached hydrogens (tertiary/aromatic N) is 4. The van der Waals surface area contributed by atoms with E-state index < -0.39 is 23.7 Å². The summed E-state index contributed by atoms with van der Waals surface area (Å²) in [5.41, 5.74) is 0.823. The largest absolute Gasteiger partial charge is 0.467 e. The predicted molar refractivity (Wildman–Crippen MR) is 136 cm³/mol. The number of halogens is 2. The van der Waals surface area contributed by atoms with Crippen molar-refractivity contribution in [3.8, 4) is 0 Å². The Morgan fingerprint density at radius 1 is 1.03 bits per heavy atom. The van der Waals surface area contributed by atoms with Crippen LogP contribution in [-0.2, 0) is 16.1 Å². The highest BCUT2D eigenvalue weighted by molar-refractivity contribution is 5.91. The van der Waals surface area contributed by atoms with Crippen molar-refractivity contribution in [2.24, 2.45) is 5.92 Å². The number of anilines is 2. The molecule has 0 saturated carbocycles. The first-order valence-corrected chi connectivity index (χ1v) is 12.1. The molecule has 1 aliphatic rings. The Morgan fingerprint density at radius 3 is 2.35 bits per heavy atom. The van der Waals surface area contributed by atoms with Crippen molar-refractivity contribution in [2.75, 3.05) is 43.9 Å². The molecule has 0 radical (unpaired) electrons. The number of benzene rings is 2. The number of ether oxygens (including phenoxy) is 1. The molecule has 196 valence electrons. The fourth-order valence-electron chi connectivity index (χ4n) is 4.22. The molecule has 4 rings (SSSR count). The topological polar surface area (TPSA) is 99.7 Å². The van der Waals surface area contributed by atoms with E-state index in [0.29, 0.717) is 44.4 Å². The lowest BCUT2D eigenvalue weighted by molar-refractivity contribution is -0.142. The first-order valence-electron chi connectivity index (χ1n) is 12.1. The second-order valence-electron chi connectivity index (χ2n) is 9.25. The third-order valence-electron chi connectivity index (χ3n) is 6.20. The van der Waals surface area contributed by atoms with Crippen LogP contribution in [0.25, 0.3) is 10.9 Å². The number of hydrogen-bond donors (Lipinski definition) is 2. The lowest BCUT2D eigenvalue weighted by atomic mass is 10.0. The molecular formula is C26H30F2N6O3. The minimum atomic E-state index is -0.754. The number of fused-ring (bicyclic) bond motifs is 1. The van der Waals surface area contributed by atoms with Crippen LogP contribution in [0.1, 0.15) is 19.7 Å². The maximum atomic E-state index is 13.4. The zero-order valence-corrected chi connectivity index (χ0v) is 21.0. The molecule has 1 aromatic heterocycles. The first kappa shape index (κ1) is 26.2. The normalized spacial score (nSPS) is 15.0. The van der Waals surface area contributed by atoms with Gasteiger partial charge in [0.25, 0.3) is 0 Å². The molecule has 1 aliphatic heterocycles. The van der Waals surface area contributed by atoms with Gasteiger partial charge in [-0.15, -0.1) is 0 Å². The van der Waals surface area contributed by atoms with Gasteiger partial charge in [-0.2, -0.15) is 0 Å². The predicted octanol–water partition coefficient (Wildman–Crippen LogP) is 3.87. The van der Waals surface area contributed by atoms with Gasteiger partial charge >= 0.3 is 12.0 Å². The molecule has 37 heavy (non-hydrogen) atoms. The molecule has 2 amide bonds. The van der Waals surface area contributed by atoms with Crippen LogP contribution in [0.5, 0.6) is 0 Å². The number of nitrogens with one attached hydrogen (secondary N) is 2. The molecule has 11 heteroatoms. The molecule has 2 aromatic carbocycles. The van der Waals surface area contributed by atoms with Gasteiger partial charge in [-0.25, -0.2) is 28.3 Å². The van der Waals surface area contributed by atoms with Gasteiger partial charge in [-0.05, 0) is 30.2 Å². The Hall–Kier alpha value is -3.86. The SMILES string of the molecule is COC(=O)[C@@H](Nc1nc(CN2CCN(C(=O)Nc3cc(F)cc(F)c3)CC2)nc2ccccc12)C(C)C. The average Bonchev–Trinajstić information content (AvgIpc) is 2.86. The lowest BCUT2D eigenvalue weighted by Gasteiger charge is -2.34. The molecule has 1 atom stereocenters. The molecular weight excluding hydrogens is 482 g/mol. The van der Waals surface area contributed by atoms with E-state index in [9.17, 15) is 18.4 Å². The number of esters is 1. The van der Waals surface area contributed by atoms with E-state index >= 15 is 0 Å². The van der Waals surface area contributed by atoms with Gasteiger partial charge in [-0.1, -0.05) is 26.0 Å². The highest BCUT2D eigenvalue weighted by Crippen LogP contribution is 2.23. The summed E-state index contributed by atoms with van der Waals surface area (Å²) < 4.78 is 31.8. The van der Waals surface area contributed by atoms with Crippen LogP contribution in [-0.4, -0.2) is 71.1 Å². The molecule has 2 heterocycles. The Labute approximate surface area is 213 Å². The number of piperazine rings is 1. The van der Waals surface area contributed by atoms with Crippen molar-refractivity contribution in [3.05, 3.63) is 59.9 Å². The molecule has 0 bridgehead atoms. The van der Waals surface area contributed by atoms with Gasteiger partial charge in [0.15, 0.2) is 0 Å². The van der Waals surface area contributed by atoms with Crippen molar-refractivity contribution in [2.45, 2.75) is 26.4 Å². The van der Waals surface area contributed by atoms with E-state index in [4.69, 9.17) is 14.7 Å². The summed E-state index contributed by atoms with van der Waals surface area (Å²) >= 11 is 0. The highest BCUT2D eigenvalue weighted by atomic mass is 19.1. The van der Waals surface area contributed by atoms with Gasteiger partial charge < -0.3 is 20.3 Å². The molecule has 0 unspecified atom stereocenters. The Kier molecular flexibility index (Phi) is 8.12. The number of aromatic nitrogens is 2. The minimum absolute atomic E-state index is 0.0206. The summed E-state index contributed by atoms with van der Waals surface area (Å²) in [5.74, 6) is -0.750. The standard InChI is InChI=1S/C26H30F2N6O3/c1-16(2)23(25(35)37-3)32-24-20-6-4-5-7-21(20)30-22(31-24)15-33-8-10-34(11-9-33)26(36)29-19-13-17(27)12-18(28)14-19/h4-7,12-14,16,23H,8-11,15H2,1-3H3,(H,29,36)(H,30,31,32)/t23-/m0/s1. The Balaban J connectivity index is 1.43. The molecule has 0 spiro atoms. The maximum absolute atomic E-state index is 13.4. The third-order valence-corrected chi connectivity index (χ3v) is 6.20.